The van der Waals surface area contributed by atoms with E-state index in [1.54, 1.807) is 0 Å². The molecule has 0 bridgehead atoms. The first-order chi connectivity index (χ1) is 9.20. The van der Waals surface area contributed by atoms with Crippen LogP contribution in [-0.2, 0) is 4.74 Å². The standard InChI is InChI=1S/C16H28N2O2/c1-10(16(5)6-7-16)17-13-11-8-18(9-12(11)13)14(19)20-15(2,3)4/h10-13,17H,6-9H2,1-5H3. The maximum absolute atomic E-state index is 12.0. The van der Waals surface area contributed by atoms with E-state index in [-0.39, 0.29) is 6.09 Å². The molecule has 1 amide bonds. The molecule has 4 heteroatoms. The summed E-state index contributed by atoms with van der Waals surface area (Å²) >= 11 is 0. The molecule has 3 fully saturated rings. The molecule has 3 atom stereocenters. The molecule has 2 aliphatic carbocycles. The number of likely N-dealkylation sites (tertiary alicyclic amines) is 1. The van der Waals surface area contributed by atoms with Crippen molar-refractivity contribution in [1.29, 1.82) is 0 Å². The molecule has 114 valence electrons. The molecule has 1 N–H and O–H groups in total. The number of carbonyl (C=O) groups is 1. The summed E-state index contributed by atoms with van der Waals surface area (Å²) in [5, 5.41) is 3.79. The van der Waals surface area contributed by atoms with Crippen LogP contribution in [0.4, 0.5) is 4.79 Å². The molecule has 2 saturated carbocycles. The van der Waals surface area contributed by atoms with E-state index in [0.29, 0.717) is 29.3 Å². The number of ether oxygens (including phenoxy) is 1. The summed E-state index contributed by atoms with van der Waals surface area (Å²) in [4.78, 5) is 13.9. The molecule has 0 aromatic rings. The average molecular weight is 280 g/mol. The van der Waals surface area contributed by atoms with Gasteiger partial charge in [-0.1, -0.05) is 6.92 Å². The second-order valence-corrected chi connectivity index (χ2v) is 8.28. The van der Waals surface area contributed by atoms with Gasteiger partial charge >= 0.3 is 6.09 Å². The van der Waals surface area contributed by atoms with Gasteiger partial charge in [-0.25, -0.2) is 4.79 Å². The highest BCUT2D eigenvalue weighted by Gasteiger charge is 2.58. The van der Waals surface area contributed by atoms with Gasteiger partial charge in [0.1, 0.15) is 5.60 Å². The average Bonchev–Trinajstić information content (AvgIpc) is 3.15. The van der Waals surface area contributed by atoms with Gasteiger partial charge in [-0.05, 0) is 57.8 Å². The van der Waals surface area contributed by atoms with Crippen molar-refractivity contribution in [2.75, 3.05) is 13.1 Å². The molecule has 20 heavy (non-hydrogen) atoms. The summed E-state index contributed by atoms with van der Waals surface area (Å²) in [5.41, 5.74) is 0.137. The van der Waals surface area contributed by atoms with Crippen LogP contribution in [0.1, 0.15) is 47.5 Å². The van der Waals surface area contributed by atoms with Crippen LogP contribution in [0.25, 0.3) is 0 Å². The normalized spacial score (nSPS) is 35.5. The number of fused-ring (bicyclic) bond motifs is 1. The highest BCUT2D eigenvalue weighted by atomic mass is 16.6. The third-order valence-electron chi connectivity index (χ3n) is 5.37. The van der Waals surface area contributed by atoms with Crippen molar-refractivity contribution in [3.63, 3.8) is 0 Å². The summed E-state index contributed by atoms with van der Waals surface area (Å²) in [5.74, 6) is 1.29. The van der Waals surface area contributed by atoms with Crippen LogP contribution in [0.3, 0.4) is 0 Å². The molecule has 1 saturated heterocycles. The van der Waals surface area contributed by atoms with Crippen molar-refractivity contribution in [2.24, 2.45) is 17.3 Å². The lowest BCUT2D eigenvalue weighted by molar-refractivity contribution is 0.0268. The van der Waals surface area contributed by atoms with E-state index in [4.69, 9.17) is 4.74 Å². The Balaban J connectivity index is 1.45. The van der Waals surface area contributed by atoms with Gasteiger partial charge in [0.25, 0.3) is 0 Å². The van der Waals surface area contributed by atoms with E-state index in [9.17, 15) is 4.79 Å². The van der Waals surface area contributed by atoms with Gasteiger partial charge in [-0.2, -0.15) is 0 Å². The Hall–Kier alpha value is -0.770. The van der Waals surface area contributed by atoms with Crippen molar-refractivity contribution in [2.45, 2.75) is 65.1 Å². The molecule has 3 aliphatic rings. The van der Waals surface area contributed by atoms with E-state index >= 15 is 0 Å². The summed E-state index contributed by atoms with van der Waals surface area (Å²) in [6.07, 6.45) is 2.56. The third kappa shape index (κ3) is 2.67. The van der Waals surface area contributed by atoms with Gasteiger partial charge in [0.2, 0.25) is 0 Å². The van der Waals surface area contributed by atoms with Crippen LogP contribution in [0, 0.1) is 17.3 Å². The highest BCUT2D eigenvalue weighted by Crippen LogP contribution is 2.51. The number of hydrogen-bond donors (Lipinski definition) is 1. The Morgan fingerprint density at radius 1 is 1.30 bits per heavy atom. The fourth-order valence-corrected chi connectivity index (χ4v) is 3.37. The van der Waals surface area contributed by atoms with Crippen molar-refractivity contribution in [1.82, 2.24) is 10.2 Å². The summed E-state index contributed by atoms with van der Waals surface area (Å²) < 4.78 is 5.44. The maximum atomic E-state index is 12.0. The largest absolute Gasteiger partial charge is 0.444 e. The van der Waals surface area contributed by atoms with Crippen LogP contribution in [-0.4, -0.2) is 41.8 Å². The van der Waals surface area contributed by atoms with E-state index in [1.165, 1.54) is 12.8 Å². The first-order valence-corrected chi connectivity index (χ1v) is 7.94. The van der Waals surface area contributed by atoms with E-state index in [2.05, 4.69) is 19.2 Å². The predicted octanol–water partition coefficient (Wildman–Crippen LogP) is 2.63. The first kappa shape index (κ1) is 14.2. The van der Waals surface area contributed by atoms with E-state index in [0.717, 1.165) is 13.1 Å². The van der Waals surface area contributed by atoms with Gasteiger partial charge in [0, 0.05) is 25.2 Å². The smallest absolute Gasteiger partial charge is 0.410 e. The number of piperidine rings is 1. The summed E-state index contributed by atoms with van der Waals surface area (Å²) in [6, 6.07) is 1.23. The lowest BCUT2D eigenvalue weighted by atomic mass is 10.0. The summed E-state index contributed by atoms with van der Waals surface area (Å²) in [7, 11) is 0. The Kier molecular flexibility index (Phi) is 3.09. The SMILES string of the molecule is CC(NC1C2CN(C(=O)OC(C)(C)C)CC21)C1(C)CC1. The molecule has 4 nitrogen and oxygen atoms in total. The number of nitrogens with zero attached hydrogens (tertiary/aromatic N) is 1. The number of nitrogens with one attached hydrogen (secondary N) is 1. The molecule has 0 aromatic carbocycles. The zero-order valence-corrected chi connectivity index (χ0v) is 13.4. The Bertz CT molecular complexity index is 399. The van der Waals surface area contributed by atoms with Crippen LogP contribution in [0.15, 0.2) is 0 Å². The van der Waals surface area contributed by atoms with Gasteiger partial charge in [0.15, 0.2) is 0 Å². The van der Waals surface area contributed by atoms with Gasteiger partial charge in [-0.15, -0.1) is 0 Å². The zero-order valence-electron chi connectivity index (χ0n) is 13.4. The Labute approximate surface area is 122 Å². The quantitative estimate of drug-likeness (QED) is 0.864. The van der Waals surface area contributed by atoms with Crippen LogP contribution >= 0.6 is 0 Å². The lowest BCUT2D eigenvalue weighted by Crippen LogP contribution is -2.42. The molecule has 1 aliphatic heterocycles. The molecule has 3 unspecified atom stereocenters. The van der Waals surface area contributed by atoms with Crippen molar-refractivity contribution in [3.05, 3.63) is 0 Å². The van der Waals surface area contributed by atoms with Gasteiger partial charge in [0.05, 0.1) is 0 Å². The Morgan fingerprint density at radius 2 is 1.85 bits per heavy atom. The molecule has 3 rings (SSSR count). The highest BCUT2D eigenvalue weighted by molar-refractivity contribution is 5.69. The number of carbonyl (C=O) groups excluding carboxylic acids is 1. The van der Waals surface area contributed by atoms with E-state index in [1.807, 2.05) is 25.7 Å². The predicted molar refractivity (Wildman–Crippen MR) is 78.5 cm³/mol. The minimum Gasteiger partial charge on any atom is -0.444 e. The second-order valence-electron chi connectivity index (χ2n) is 8.28. The molecular weight excluding hydrogens is 252 g/mol. The molecule has 0 aromatic heterocycles. The van der Waals surface area contributed by atoms with Gasteiger partial charge in [-0.3, -0.25) is 0 Å². The summed E-state index contributed by atoms with van der Waals surface area (Å²) in [6.45, 7) is 12.2. The minimum absolute atomic E-state index is 0.148. The van der Waals surface area contributed by atoms with Crippen LogP contribution in [0.5, 0.6) is 0 Å². The monoisotopic (exact) mass is 280 g/mol. The number of rotatable bonds is 3. The topological polar surface area (TPSA) is 41.6 Å². The van der Waals surface area contributed by atoms with Crippen molar-refractivity contribution in [3.8, 4) is 0 Å². The zero-order chi connectivity index (χ0) is 14.7. The fraction of sp³-hybridized carbons (Fsp3) is 0.938. The third-order valence-corrected chi connectivity index (χ3v) is 5.37. The lowest BCUT2D eigenvalue weighted by Gasteiger charge is -2.27. The minimum atomic E-state index is -0.392. The molecule has 0 radical (unpaired) electrons. The maximum Gasteiger partial charge on any atom is 0.410 e. The van der Waals surface area contributed by atoms with Crippen molar-refractivity contribution < 1.29 is 9.53 Å². The fourth-order valence-electron chi connectivity index (χ4n) is 3.37. The Morgan fingerprint density at radius 3 is 2.30 bits per heavy atom. The number of hydrogen-bond acceptors (Lipinski definition) is 3. The number of amides is 1. The van der Waals surface area contributed by atoms with Crippen molar-refractivity contribution >= 4 is 6.09 Å². The van der Waals surface area contributed by atoms with Gasteiger partial charge < -0.3 is 15.0 Å². The molecule has 1 heterocycles. The van der Waals surface area contributed by atoms with Crippen LogP contribution < -0.4 is 5.32 Å². The van der Waals surface area contributed by atoms with Crippen LogP contribution in [0.2, 0.25) is 0 Å². The molecule has 0 spiro atoms. The molecular formula is C16H28N2O2. The first-order valence-electron chi connectivity index (χ1n) is 7.94. The second kappa shape index (κ2) is 4.36. The van der Waals surface area contributed by atoms with E-state index < -0.39 is 5.60 Å².